The van der Waals surface area contributed by atoms with Gasteiger partial charge in [0.05, 0.1) is 12.1 Å². The summed E-state index contributed by atoms with van der Waals surface area (Å²) in [5.41, 5.74) is 0.259. The SMILES string of the molecule is CC(C)(C)NCc1nnc(-c2ccc(Br)cc2F)o1. The maximum Gasteiger partial charge on any atom is 0.250 e. The highest BCUT2D eigenvalue weighted by atomic mass is 79.9. The molecule has 0 aliphatic carbocycles. The molecule has 0 fully saturated rings. The summed E-state index contributed by atoms with van der Waals surface area (Å²) in [6.45, 7) is 6.57. The van der Waals surface area contributed by atoms with Crippen molar-refractivity contribution in [3.63, 3.8) is 0 Å². The molecule has 0 unspecified atom stereocenters. The van der Waals surface area contributed by atoms with Crippen LogP contribution in [0.2, 0.25) is 0 Å². The number of benzene rings is 1. The lowest BCUT2D eigenvalue weighted by Crippen LogP contribution is -2.35. The number of rotatable bonds is 3. The van der Waals surface area contributed by atoms with Crippen molar-refractivity contribution in [3.8, 4) is 11.5 Å². The van der Waals surface area contributed by atoms with E-state index in [0.29, 0.717) is 22.5 Å². The molecule has 2 aromatic rings. The topological polar surface area (TPSA) is 51.0 Å². The lowest BCUT2D eigenvalue weighted by molar-refractivity contribution is 0.383. The molecule has 0 saturated carbocycles. The van der Waals surface area contributed by atoms with Crippen LogP contribution in [-0.4, -0.2) is 15.7 Å². The normalized spacial score (nSPS) is 11.8. The molecule has 0 atom stereocenters. The molecule has 6 heteroatoms. The van der Waals surface area contributed by atoms with Gasteiger partial charge in [0.25, 0.3) is 5.89 Å². The van der Waals surface area contributed by atoms with Crippen LogP contribution in [0.25, 0.3) is 11.5 Å². The zero-order chi connectivity index (χ0) is 14.0. The molecule has 0 bridgehead atoms. The molecule has 1 aromatic heterocycles. The zero-order valence-corrected chi connectivity index (χ0v) is 12.6. The summed E-state index contributed by atoms with van der Waals surface area (Å²) >= 11 is 3.20. The predicted octanol–water partition coefficient (Wildman–Crippen LogP) is 3.53. The van der Waals surface area contributed by atoms with Crippen molar-refractivity contribution in [2.24, 2.45) is 0 Å². The monoisotopic (exact) mass is 327 g/mol. The maximum atomic E-state index is 13.7. The molecule has 0 aliphatic heterocycles. The van der Waals surface area contributed by atoms with Crippen LogP contribution in [-0.2, 0) is 6.54 Å². The Morgan fingerprint density at radius 2 is 2.05 bits per heavy atom. The molecule has 0 radical (unpaired) electrons. The Kier molecular flexibility index (Phi) is 4.01. The Labute approximate surface area is 119 Å². The van der Waals surface area contributed by atoms with Gasteiger partial charge >= 0.3 is 0 Å². The highest BCUT2D eigenvalue weighted by Gasteiger charge is 2.15. The van der Waals surface area contributed by atoms with E-state index < -0.39 is 5.82 Å². The van der Waals surface area contributed by atoms with Gasteiger partial charge in [0.15, 0.2) is 0 Å². The van der Waals surface area contributed by atoms with Crippen molar-refractivity contribution in [1.82, 2.24) is 15.5 Å². The Bertz CT molecular complexity index is 578. The second-order valence-corrected chi connectivity index (χ2v) is 6.14. The Morgan fingerprint density at radius 3 is 2.68 bits per heavy atom. The van der Waals surface area contributed by atoms with Gasteiger partial charge < -0.3 is 9.73 Å². The lowest BCUT2D eigenvalue weighted by atomic mass is 10.1. The van der Waals surface area contributed by atoms with E-state index in [4.69, 9.17) is 4.42 Å². The van der Waals surface area contributed by atoms with E-state index in [1.165, 1.54) is 6.07 Å². The van der Waals surface area contributed by atoms with Crippen molar-refractivity contribution in [3.05, 3.63) is 34.4 Å². The third-order valence-corrected chi connectivity index (χ3v) is 2.89. The molecule has 1 N–H and O–H groups in total. The number of halogens is 2. The summed E-state index contributed by atoms with van der Waals surface area (Å²) in [5.74, 6) is 0.233. The minimum Gasteiger partial charge on any atom is -0.419 e. The van der Waals surface area contributed by atoms with Crippen LogP contribution in [0.4, 0.5) is 4.39 Å². The standard InChI is InChI=1S/C13H15BrFN3O/c1-13(2,3)16-7-11-17-18-12(19-11)9-5-4-8(14)6-10(9)15/h4-6,16H,7H2,1-3H3. The first kappa shape index (κ1) is 14.1. The molecule has 0 spiro atoms. The van der Waals surface area contributed by atoms with Gasteiger partial charge in [0.1, 0.15) is 5.82 Å². The number of hydrogen-bond donors (Lipinski definition) is 1. The van der Waals surface area contributed by atoms with Crippen LogP contribution in [0.5, 0.6) is 0 Å². The molecule has 0 aliphatic rings. The molecule has 4 nitrogen and oxygen atoms in total. The minimum atomic E-state index is -0.395. The summed E-state index contributed by atoms with van der Waals surface area (Å²) in [6.07, 6.45) is 0. The fraction of sp³-hybridized carbons (Fsp3) is 0.385. The smallest absolute Gasteiger partial charge is 0.250 e. The molecule has 1 aromatic carbocycles. The molecular weight excluding hydrogens is 313 g/mol. The van der Waals surface area contributed by atoms with Crippen LogP contribution < -0.4 is 5.32 Å². The molecule has 0 amide bonds. The zero-order valence-electron chi connectivity index (χ0n) is 11.0. The molecule has 102 valence electrons. The number of aromatic nitrogens is 2. The minimum absolute atomic E-state index is 0.0442. The second kappa shape index (κ2) is 5.38. The van der Waals surface area contributed by atoms with E-state index in [1.807, 2.05) is 20.8 Å². The first-order valence-corrected chi connectivity index (χ1v) is 6.67. The van der Waals surface area contributed by atoms with Gasteiger partial charge in [-0.1, -0.05) is 15.9 Å². The average Bonchev–Trinajstić information content (AvgIpc) is 2.74. The Morgan fingerprint density at radius 1 is 1.32 bits per heavy atom. The summed E-state index contributed by atoms with van der Waals surface area (Å²) < 4.78 is 19.9. The van der Waals surface area contributed by atoms with Gasteiger partial charge in [-0.2, -0.15) is 0 Å². The van der Waals surface area contributed by atoms with Crippen molar-refractivity contribution >= 4 is 15.9 Å². The quantitative estimate of drug-likeness (QED) is 0.936. The molecule has 1 heterocycles. The van der Waals surface area contributed by atoms with E-state index in [1.54, 1.807) is 12.1 Å². The highest BCUT2D eigenvalue weighted by molar-refractivity contribution is 9.10. The average molecular weight is 328 g/mol. The fourth-order valence-electron chi connectivity index (χ4n) is 1.44. The first-order chi connectivity index (χ1) is 8.85. The second-order valence-electron chi connectivity index (χ2n) is 5.23. The summed E-state index contributed by atoms with van der Waals surface area (Å²) in [5, 5.41) is 11.0. The third kappa shape index (κ3) is 3.84. The van der Waals surface area contributed by atoms with Crippen LogP contribution in [0.3, 0.4) is 0 Å². The van der Waals surface area contributed by atoms with E-state index in [0.717, 1.165) is 0 Å². The molecule has 2 rings (SSSR count). The number of nitrogens with one attached hydrogen (secondary N) is 1. The van der Waals surface area contributed by atoms with Gasteiger partial charge in [-0.15, -0.1) is 10.2 Å². The first-order valence-electron chi connectivity index (χ1n) is 5.88. The van der Waals surface area contributed by atoms with Gasteiger partial charge in [0.2, 0.25) is 5.89 Å². The maximum absolute atomic E-state index is 13.7. The number of hydrogen-bond acceptors (Lipinski definition) is 4. The third-order valence-electron chi connectivity index (χ3n) is 2.40. The van der Waals surface area contributed by atoms with E-state index >= 15 is 0 Å². The van der Waals surface area contributed by atoms with Gasteiger partial charge in [-0.05, 0) is 39.0 Å². The Hall–Kier alpha value is -1.27. The lowest BCUT2D eigenvalue weighted by Gasteiger charge is -2.18. The number of nitrogens with zero attached hydrogens (tertiary/aromatic N) is 2. The van der Waals surface area contributed by atoms with Crippen molar-refractivity contribution < 1.29 is 8.81 Å². The van der Waals surface area contributed by atoms with E-state index in [9.17, 15) is 4.39 Å². The molecular formula is C13H15BrFN3O. The highest BCUT2D eigenvalue weighted by Crippen LogP contribution is 2.24. The van der Waals surface area contributed by atoms with Crippen LogP contribution in [0.15, 0.2) is 27.1 Å². The van der Waals surface area contributed by atoms with Crippen LogP contribution >= 0.6 is 15.9 Å². The van der Waals surface area contributed by atoms with Crippen LogP contribution in [0.1, 0.15) is 26.7 Å². The van der Waals surface area contributed by atoms with Crippen molar-refractivity contribution in [1.29, 1.82) is 0 Å². The van der Waals surface area contributed by atoms with E-state index in [2.05, 4.69) is 31.4 Å². The van der Waals surface area contributed by atoms with E-state index in [-0.39, 0.29) is 11.4 Å². The Balaban J connectivity index is 2.16. The molecule has 19 heavy (non-hydrogen) atoms. The fourth-order valence-corrected chi connectivity index (χ4v) is 1.77. The largest absolute Gasteiger partial charge is 0.419 e. The predicted molar refractivity (Wildman–Crippen MR) is 74.0 cm³/mol. The van der Waals surface area contributed by atoms with Crippen LogP contribution in [0, 0.1) is 5.82 Å². The van der Waals surface area contributed by atoms with Gasteiger partial charge in [0, 0.05) is 10.0 Å². The van der Waals surface area contributed by atoms with Crippen molar-refractivity contribution in [2.45, 2.75) is 32.9 Å². The van der Waals surface area contributed by atoms with Gasteiger partial charge in [-0.25, -0.2) is 4.39 Å². The summed E-state index contributed by atoms with van der Waals surface area (Å²) in [6, 6.07) is 4.70. The molecule has 0 saturated heterocycles. The summed E-state index contributed by atoms with van der Waals surface area (Å²) in [7, 11) is 0. The van der Waals surface area contributed by atoms with Crippen molar-refractivity contribution in [2.75, 3.05) is 0 Å². The summed E-state index contributed by atoms with van der Waals surface area (Å²) in [4.78, 5) is 0. The van der Waals surface area contributed by atoms with Gasteiger partial charge in [-0.3, -0.25) is 0 Å².